The Kier molecular flexibility index (Phi) is 6.07. The molecule has 0 aromatic heterocycles. The normalized spacial score (nSPS) is 39.2. The molecule has 0 radical (unpaired) electrons. The van der Waals surface area contributed by atoms with Crippen LogP contribution in [0.1, 0.15) is 52.9 Å². The number of methoxy groups -OCH3 is 1. The number of hydrogen-bond donors (Lipinski definition) is 2. The van der Waals surface area contributed by atoms with E-state index in [9.17, 15) is 24.6 Å². The highest BCUT2D eigenvalue weighted by Crippen LogP contribution is 2.63. The van der Waals surface area contributed by atoms with E-state index in [1.807, 2.05) is 18.7 Å². The number of carbonyl (C=O) groups excluding carboxylic acids is 3. The number of esters is 2. The summed E-state index contributed by atoms with van der Waals surface area (Å²) in [5.74, 6) is -2.51. The molecule has 3 aliphatic carbocycles. The number of aliphatic hydroxyl groups excluding tert-OH is 2. The van der Waals surface area contributed by atoms with E-state index in [2.05, 4.69) is 0 Å². The fourth-order valence-electron chi connectivity index (χ4n) is 7.33. The summed E-state index contributed by atoms with van der Waals surface area (Å²) in [6.45, 7) is 6.61. The Morgan fingerprint density at radius 3 is 2.56 bits per heavy atom. The summed E-state index contributed by atoms with van der Waals surface area (Å²) in [6.07, 6.45) is 2.70. The number of rotatable bonds is 4. The number of Topliss-reactive ketones (excluding diaryl/α,β-unsaturated/α-hetero) is 1. The van der Waals surface area contributed by atoms with Crippen molar-refractivity contribution in [3.05, 3.63) is 34.3 Å². The number of ketones is 1. The van der Waals surface area contributed by atoms with Gasteiger partial charge >= 0.3 is 11.9 Å². The smallest absolute Gasteiger partial charge is 0.340 e. The Hall–Kier alpha value is -2.65. The van der Waals surface area contributed by atoms with Gasteiger partial charge in [0.15, 0.2) is 5.76 Å². The third kappa shape index (κ3) is 3.46. The molecule has 0 aromatic rings. The van der Waals surface area contributed by atoms with E-state index in [1.165, 1.54) is 14.0 Å². The van der Waals surface area contributed by atoms with E-state index >= 15 is 0 Å². The second-order valence-electron chi connectivity index (χ2n) is 11.2. The van der Waals surface area contributed by atoms with Crippen LogP contribution < -0.4 is 0 Å². The Bertz CT molecular complexity index is 1100. The topological polar surface area (TPSA) is 123 Å². The van der Waals surface area contributed by atoms with Gasteiger partial charge in [0.2, 0.25) is 5.78 Å². The predicted molar refractivity (Wildman–Crippen MR) is 127 cm³/mol. The first-order valence-electron chi connectivity index (χ1n) is 12.8. The lowest BCUT2D eigenvalue weighted by Gasteiger charge is -2.54. The van der Waals surface area contributed by atoms with Gasteiger partial charge in [0.25, 0.3) is 0 Å². The van der Waals surface area contributed by atoms with Crippen molar-refractivity contribution in [3.63, 3.8) is 0 Å². The first kappa shape index (κ1) is 25.0. The fourth-order valence-corrected chi connectivity index (χ4v) is 7.33. The number of carbonyl (C=O) groups is 3. The third-order valence-electron chi connectivity index (χ3n) is 9.11. The minimum atomic E-state index is -1.17. The molecule has 2 N–H and O–H groups in total. The Morgan fingerprint density at radius 2 is 1.92 bits per heavy atom. The number of cyclic esters (lactones) is 1. The van der Waals surface area contributed by atoms with Gasteiger partial charge in [-0.25, -0.2) is 4.79 Å². The Morgan fingerprint density at radius 1 is 1.22 bits per heavy atom. The summed E-state index contributed by atoms with van der Waals surface area (Å²) in [7, 11) is 1.49. The van der Waals surface area contributed by atoms with Gasteiger partial charge in [-0.05, 0) is 50.5 Å². The maximum Gasteiger partial charge on any atom is 0.340 e. The summed E-state index contributed by atoms with van der Waals surface area (Å²) >= 11 is 0. The van der Waals surface area contributed by atoms with Crippen molar-refractivity contribution < 1.29 is 38.8 Å². The molecule has 2 saturated heterocycles. The zero-order valence-electron chi connectivity index (χ0n) is 21.3. The highest BCUT2D eigenvalue weighted by atomic mass is 16.6. The van der Waals surface area contributed by atoms with Crippen molar-refractivity contribution in [1.29, 1.82) is 0 Å². The van der Waals surface area contributed by atoms with Crippen molar-refractivity contribution in [2.24, 2.45) is 16.7 Å². The number of ether oxygens (including phenoxy) is 3. The molecule has 0 amide bonds. The molecule has 9 nitrogen and oxygen atoms in total. The molecule has 5 aliphatic rings. The molecular formula is C27H35NO8. The van der Waals surface area contributed by atoms with Crippen LogP contribution in [0, 0.1) is 16.7 Å². The van der Waals surface area contributed by atoms with Gasteiger partial charge in [-0.1, -0.05) is 6.92 Å². The van der Waals surface area contributed by atoms with E-state index in [4.69, 9.17) is 14.2 Å². The monoisotopic (exact) mass is 501 g/mol. The molecule has 196 valence electrons. The van der Waals surface area contributed by atoms with E-state index in [0.29, 0.717) is 30.4 Å². The van der Waals surface area contributed by atoms with Crippen LogP contribution >= 0.6 is 0 Å². The largest absolute Gasteiger partial charge is 0.504 e. The Balaban J connectivity index is 1.76. The van der Waals surface area contributed by atoms with Gasteiger partial charge in [-0.15, -0.1) is 0 Å². The summed E-state index contributed by atoms with van der Waals surface area (Å²) in [5.41, 5.74) is -0.596. The number of aliphatic hydroxyl groups is 2. The third-order valence-corrected chi connectivity index (χ3v) is 9.11. The zero-order chi connectivity index (χ0) is 26.0. The first-order chi connectivity index (χ1) is 17.0. The molecule has 36 heavy (non-hydrogen) atoms. The number of likely N-dealkylation sites (tertiary alicyclic amines) is 1. The molecule has 5 rings (SSSR count). The lowest BCUT2D eigenvalue weighted by Crippen LogP contribution is -2.57. The van der Waals surface area contributed by atoms with Crippen LogP contribution in [-0.4, -0.2) is 78.0 Å². The van der Waals surface area contributed by atoms with Crippen LogP contribution in [0.5, 0.6) is 0 Å². The highest BCUT2D eigenvalue weighted by molar-refractivity contribution is 6.13. The van der Waals surface area contributed by atoms with Crippen LogP contribution in [0.4, 0.5) is 0 Å². The summed E-state index contributed by atoms with van der Waals surface area (Å²) in [5, 5.41) is 22.4. The number of allylic oxidation sites excluding steroid dienone is 1. The van der Waals surface area contributed by atoms with E-state index in [1.54, 1.807) is 6.20 Å². The van der Waals surface area contributed by atoms with Gasteiger partial charge in [0, 0.05) is 49.9 Å². The van der Waals surface area contributed by atoms with Crippen LogP contribution in [0.2, 0.25) is 0 Å². The molecule has 0 aromatic carbocycles. The van der Waals surface area contributed by atoms with Crippen LogP contribution in [0.25, 0.3) is 0 Å². The van der Waals surface area contributed by atoms with Crippen LogP contribution in [-0.2, 0) is 28.6 Å². The molecule has 0 spiro atoms. The van der Waals surface area contributed by atoms with Crippen molar-refractivity contribution in [3.8, 4) is 0 Å². The molecule has 3 fully saturated rings. The minimum Gasteiger partial charge on any atom is -0.504 e. The second kappa shape index (κ2) is 8.73. The maximum absolute atomic E-state index is 13.9. The van der Waals surface area contributed by atoms with E-state index in [0.717, 1.165) is 25.9 Å². The molecule has 2 aliphatic heterocycles. The first-order valence-corrected chi connectivity index (χ1v) is 12.8. The Labute approximate surface area is 210 Å². The molecular weight excluding hydrogens is 466 g/mol. The minimum absolute atomic E-state index is 0.0261. The average molecular weight is 502 g/mol. The van der Waals surface area contributed by atoms with Gasteiger partial charge < -0.3 is 29.3 Å². The molecule has 2 heterocycles. The average Bonchev–Trinajstić information content (AvgIpc) is 3.42. The van der Waals surface area contributed by atoms with Crippen LogP contribution in [0.15, 0.2) is 34.3 Å². The van der Waals surface area contributed by atoms with Crippen molar-refractivity contribution >= 4 is 17.7 Å². The second-order valence-corrected chi connectivity index (χ2v) is 11.2. The summed E-state index contributed by atoms with van der Waals surface area (Å²) in [4.78, 5) is 41.4. The molecule has 9 heteroatoms. The standard InChI is InChI=1S/C27H35NO8/c1-14(29)35-17-11-26(2)16(7-8-18(26)30)20-22(17)27(3)19(13-34-4)36-25(33)15(12-28-9-5-6-10-28)21(27)24(32)23(20)31/h12,16-19,30,32H,5-11,13H2,1-4H3. The van der Waals surface area contributed by atoms with Gasteiger partial charge in [0.1, 0.15) is 12.2 Å². The predicted octanol–water partition coefficient (Wildman–Crippen LogP) is 2.35. The quantitative estimate of drug-likeness (QED) is 0.441. The SMILES string of the molecule is COCC1OC(=O)C(=CN2CCCC2)C2=C(O)C(=O)C3=C(C(OC(C)=O)CC4(C)C(O)CCC34)C21C. The van der Waals surface area contributed by atoms with E-state index < -0.39 is 52.6 Å². The van der Waals surface area contributed by atoms with Crippen molar-refractivity contribution in [1.82, 2.24) is 4.90 Å². The molecule has 0 bridgehead atoms. The molecule has 1 saturated carbocycles. The lowest BCUT2D eigenvalue weighted by atomic mass is 9.53. The summed E-state index contributed by atoms with van der Waals surface area (Å²) < 4.78 is 17.2. The fraction of sp³-hybridized carbons (Fsp3) is 0.667. The maximum atomic E-state index is 13.9. The number of fused-ring (bicyclic) bond motifs is 4. The van der Waals surface area contributed by atoms with Crippen molar-refractivity contribution in [2.75, 3.05) is 26.8 Å². The highest BCUT2D eigenvalue weighted by Gasteiger charge is 2.64. The zero-order valence-corrected chi connectivity index (χ0v) is 21.3. The van der Waals surface area contributed by atoms with Gasteiger partial charge in [-0.2, -0.15) is 0 Å². The number of nitrogens with zero attached hydrogens (tertiary/aromatic N) is 1. The summed E-state index contributed by atoms with van der Waals surface area (Å²) in [6, 6.07) is 0. The lowest BCUT2D eigenvalue weighted by molar-refractivity contribution is -0.161. The van der Waals surface area contributed by atoms with E-state index in [-0.39, 0.29) is 23.7 Å². The molecule has 6 unspecified atom stereocenters. The number of hydrogen-bond acceptors (Lipinski definition) is 9. The molecule has 6 atom stereocenters. The van der Waals surface area contributed by atoms with Gasteiger partial charge in [0.05, 0.1) is 23.7 Å². The van der Waals surface area contributed by atoms with Crippen LogP contribution in [0.3, 0.4) is 0 Å². The van der Waals surface area contributed by atoms with Crippen molar-refractivity contribution in [2.45, 2.75) is 71.2 Å². The van der Waals surface area contributed by atoms with Gasteiger partial charge in [-0.3, -0.25) is 9.59 Å².